The molecule has 2 aromatic heterocycles. The van der Waals surface area contributed by atoms with Gasteiger partial charge in [-0.2, -0.15) is 18.4 Å². The van der Waals surface area contributed by atoms with Crippen molar-refractivity contribution in [2.75, 3.05) is 43.1 Å². The number of fused-ring (bicyclic) bond motifs is 1. The molecule has 3 heterocycles. The van der Waals surface area contributed by atoms with Crippen molar-refractivity contribution in [2.45, 2.75) is 38.9 Å². The van der Waals surface area contributed by atoms with Crippen molar-refractivity contribution in [3.8, 4) is 17.3 Å². The number of hydrogen-bond donors (Lipinski definition) is 2. The summed E-state index contributed by atoms with van der Waals surface area (Å²) in [6.45, 7) is 7.92. The number of carboxylic acid groups (broad SMARTS) is 1. The molecule has 0 unspecified atom stereocenters. The monoisotopic (exact) mass is 690 g/mol. The zero-order chi connectivity index (χ0) is 35.3. The number of alkyl halides is 3. The summed E-state index contributed by atoms with van der Waals surface area (Å²) in [5.74, 6) is -4.01. The highest BCUT2D eigenvalue weighted by atomic mass is 32.1. The molecule has 5 rings (SSSR count). The summed E-state index contributed by atoms with van der Waals surface area (Å²) < 4.78 is 66.2. The van der Waals surface area contributed by atoms with Gasteiger partial charge in [-0.25, -0.2) is 28.3 Å². The third-order valence-corrected chi connectivity index (χ3v) is 8.39. The van der Waals surface area contributed by atoms with Crippen molar-refractivity contribution in [2.24, 2.45) is 0 Å². The van der Waals surface area contributed by atoms with E-state index in [1.165, 1.54) is 36.6 Å². The first kappa shape index (κ1) is 36.0. The van der Waals surface area contributed by atoms with Crippen molar-refractivity contribution in [3.05, 3.63) is 64.7 Å². The van der Waals surface area contributed by atoms with Crippen molar-refractivity contribution in [1.82, 2.24) is 15.3 Å². The minimum Gasteiger partial charge on any atom is -0.475 e. The van der Waals surface area contributed by atoms with Gasteiger partial charge in [0.05, 0.1) is 12.8 Å². The summed E-state index contributed by atoms with van der Waals surface area (Å²) in [6, 6.07) is 12.7. The number of piperazine rings is 1. The molecule has 1 aliphatic heterocycles. The van der Waals surface area contributed by atoms with E-state index in [4.69, 9.17) is 19.6 Å². The predicted octanol–water partition coefficient (Wildman–Crippen LogP) is 6.37. The van der Waals surface area contributed by atoms with E-state index in [2.05, 4.69) is 16.4 Å². The number of methoxy groups -OCH3 is 1. The lowest BCUT2D eigenvalue weighted by molar-refractivity contribution is -0.192. The summed E-state index contributed by atoms with van der Waals surface area (Å²) in [7, 11) is 1.34. The van der Waals surface area contributed by atoms with Gasteiger partial charge in [0, 0.05) is 48.5 Å². The Morgan fingerprint density at radius 2 is 1.85 bits per heavy atom. The van der Waals surface area contributed by atoms with Gasteiger partial charge in [0.1, 0.15) is 34.0 Å². The van der Waals surface area contributed by atoms with Crippen molar-refractivity contribution >= 4 is 50.7 Å². The first-order valence-corrected chi connectivity index (χ1v) is 15.5. The quantitative estimate of drug-likeness (QED) is 0.167. The van der Waals surface area contributed by atoms with Crippen LogP contribution in [0.3, 0.4) is 0 Å². The SMILES string of the molecule is CCN(c1nc(-c2ccc(F)cc2)c(C#N)s1)c1cc(C(C)C)nc2c(F)cc(N3CCNC[C@H]3C(=O)OC)cc12.O=C(O)C(F)(F)F. The number of carboxylic acids is 1. The van der Waals surface area contributed by atoms with E-state index >= 15 is 4.39 Å². The zero-order valence-electron chi connectivity index (χ0n) is 26.2. The number of nitrogens with zero attached hydrogens (tertiary/aromatic N) is 5. The van der Waals surface area contributed by atoms with Crippen molar-refractivity contribution < 1.29 is 41.4 Å². The van der Waals surface area contributed by atoms with Crippen LogP contribution in [-0.2, 0) is 14.3 Å². The minimum atomic E-state index is -5.08. The number of anilines is 3. The van der Waals surface area contributed by atoms with Gasteiger partial charge in [-0.3, -0.25) is 0 Å². The number of esters is 1. The first-order chi connectivity index (χ1) is 22.7. The number of aliphatic carboxylic acids is 1. The molecule has 1 fully saturated rings. The largest absolute Gasteiger partial charge is 0.490 e. The number of aromatic nitrogens is 2. The second kappa shape index (κ2) is 14.9. The molecular formula is C32H31F5N6O4S. The number of benzene rings is 2. The molecule has 1 saturated heterocycles. The van der Waals surface area contributed by atoms with E-state index in [1.54, 1.807) is 12.1 Å². The molecule has 16 heteroatoms. The van der Waals surface area contributed by atoms with Gasteiger partial charge < -0.3 is 25.0 Å². The number of hydrogen-bond acceptors (Lipinski definition) is 10. The molecule has 1 aliphatic rings. The summed E-state index contributed by atoms with van der Waals surface area (Å²) in [4.78, 5) is 35.1. The number of carbonyl (C=O) groups is 2. The molecule has 0 bridgehead atoms. The normalized spacial score (nSPS) is 14.7. The predicted molar refractivity (Wildman–Crippen MR) is 170 cm³/mol. The van der Waals surface area contributed by atoms with E-state index < -0.39 is 30.0 Å². The van der Waals surface area contributed by atoms with E-state index in [-0.39, 0.29) is 17.3 Å². The molecule has 1 atom stereocenters. The standard InChI is InChI=1S/C30H30F2N6O2S.C2HF3O2/c1-5-37(30-36-27(26(15-33)41-30)18-6-8-19(31)9-7-18)24-14-23(17(2)3)35-28-21(24)12-20(13-22(28)32)38-11-10-34-16-25(38)29(39)40-4;3-2(4,5)1(6)7/h6-9,12-14,17,25,34H,5,10-11,16H2,1-4H3;(H,6,7)/t25-;/m0./s1. The average Bonchev–Trinajstić information content (AvgIpc) is 3.49. The van der Waals surface area contributed by atoms with Gasteiger partial charge in [0.15, 0.2) is 10.9 Å². The molecule has 0 radical (unpaired) electrons. The lowest BCUT2D eigenvalue weighted by Gasteiger charge is -2.36. The summed E-state index contributed by atoms with van der Waals surface area (Å²) in [6.07, 6.45) is -5.08. The summed E-state index contributed by atoms with van der Waals surface area (Å²) in [5.41, 5.74) is 3.26. The maximum atomic E-state index is 15.9. The Labute approximate surface area is 276 Å². The molecule has 0 spiro atoms. The molecule has 0 saturated carbocycles. The molecule has 0 amide bonds. The smallest absolute Gasteiger partial charge is 0.475 e. The van der Waals surface area contributed by atoms with Gasteiger partial charge >= 0.3 is 18.1 Å². The number of halogens is 5. The minimum absolute atomic E-state index is 0.0218. The van der Waals surface area contributed by atoms with Gasteiger partial charge in [-0.05, 0) is 55.3 Å². The third kappa shape index (κ3) is 7.80. The summed E-state index contributed by atoms with van der Waals surface area (Å²) in [5, 5.41) is 21.3. The number of nitrogens with one attached hydrogen (secondary N) is 1. The molecular weight excluding hydrogens is 659 g/mol. The molecule has 2 N–H and O–H groups in total. The number of thiazole rings is 1. The first-order valence-electron chi connectivity index (χ1n) is 14.6. The second-order valence-electron chi connectivity index (χ2n) is 10.8. The molecule has 4 aromatic rings. The average molecular weight is 691 g/mol. The number of nitriles is 1. The maximum absolute atomic E-state index is 15.9. The van der Waals surface area contributed by atoms with Crippen LogP contribution in [0, 0.1) is 23.0 Å². The van der Waals surface area contributed by atoms with Crippen LogP contribution in [0.1, 0.15) is 37.3 Å². The highest BCUT2D eigenvalue weighted by molar-refractivity contribution is 7.16. The molecule has 254 valence electrons. The van der Waals surface area contributed by atoms with Crippen LogP contribution in [0.15, 0.2) is 42.5 Å². The topological polar surface area (TPSA) is 132 Å². The van der Waals surface area contributed by atoms with Crippen LogP contribution in [0.4, 0.5) is 38.5 Å². The van der Waals surface area contributed by atoms with Crippen LogP contribution < -0.4 is 15.1 Å². The van der Waals surface area contributed by atoms with Crippen molar-refractivity contribution in [1.29, 1.82) is 5.26 Å². The van der Waals surface area contributed by atoms with Crippen LogP contribution in [0.25, 0.3) is 22.2 Å². The molecule has 10 nitrogen and oxygen atoms in total. The second-order valence-corrected chi connectivity index (χ2v) is 11.8. The fourth-order valence-corrected chi connectivity index (χ4v) is 5.99. The molecule has 0 aliphatic carbocycles. The number of pyridine rings is 1. The van der Waals surface area contributed by atoms with Gasteiger partial charge in [-0.1, -0.05) is 25.2 Å². The highest BCUT2D eigenvalue weighted by Crippen LogP contribution is 2.41. The molecule has 48 heavy (non-hydrogen) atoms. The van der Waals surface area contributed by atoms with Crippen molar-refractivity contribution in [3.63, 3.8) is 0 Å². The maximum Gasteiger partial charge on any atom is 0.490 e. The van der Waals surface area contributed by atoms with Crippen LogP contribution in [0.5, 0.6) is 0 Å². The Morgan fingerprint density at radius 3 is 2.42 bits per heavy atom. The Hall–Kier alpha value is -4.88. The lowest BCUT2D eigenvalue weighted by Crippen LogP contribution is -2.55. The van der Waals surface area contributed by atoms with Crippen LogP contribution >= 0.6 is 11.3 Å². The Morgan fingerprint density at radius 1 is 1.19 bits per heavy atom. The van der Waals surface area contributed by atoms with Crippen LogP contribution in [0.2, 0.25) is 0 Å². The van der Waals surface area contributed by atoms with Gasteiger partial charge in [0.25, 0.3) is 0 Å². The van der Waals surface area contributed by atoms with E-state index in [1.807, 2.05) is 42.7 Å². The number of rotatable bonds is 7. The molecule has 2 aromatic carbocycles. The Kier molecular flexibility index (Phi) is 11.2. The van der Waals surface area contributed by atoms with E-state index in [0.29, 0.717) is 69.9 Å². The highest BCUT2D eigenvalue weighted by Gasteiger charge is 2.38. The number of ether oxygens (including phenoxy) is 1. The van der Waals surface area contributed by atoms with E-state index in [9.17, 15) is 27.6 Å². The van der Waals surface area contributed by atoms with Gasteiger partial charge in [-0.15, -0.1) is 0 Å². The third-order valence-electron chi connectivity index (χ3n) is 7.40. The fraction of sp³-hybridized carbons (Fsp3) is 0.344. The summed E-state index contributed by atoms with van der Waals surface area (Å²) >= 11 is 1.22. The van der Waals surface area contributed by atoms with Crippen LogP contribution in [-0.4, -0.2) is 72.5 Å². The number of carbonyl (C=O) groups excluding carboxylic acids is 1. The Balaban J connectivity index is 0.000000671. The fourth-order valence-electron chi connectivity index (χ4n) is 5.03. The van der Waals surface area contributed by atoms with E-state index in [0.717, 1.165) is 0 Å². The zero-order valence-corrected chi connectivity index (χ0v) is 27.0. The Bertz CT molecular complexity index is 1840. The lowest BCUT2D eigenvalue weighted by atomic mass is 10.0. The van der Waals surface area contributed by atoms with Gasteiger partial charge in [0.2, 0.25) is 0 Å².